The van der Waals surface area contributed by atoms with Crippen molar-refractivity contribution in [2.24, 2.45) is 0 Å². The van der Waals surface area contributed by atoms with Crippen LogP contribution in [0.15, 0.2) is 30.9 Å². The van der Waals surface area contributed by atoms with Crippen molar-refractivity contribution in [2.75, 3.05) is 22.9 Å². The van der Waals surface area contributed by atoms with Gasteiger partial charge in [-0.15, -0.1) is 0 Å². The molecule has 0 saturated carbocycles. The van der Waals surface area contributed by atoms with Crippen molar-refractivity contribution in [3.63, 3.8) is 0 Å². The van der Waals surface area contributed by atoms with Crippen LogP contribution in [0, 0.1) is 0 Å². The van der Waals surface area contributed by atoms with Crippen molar-refractivity contribution in [2.45, 2.75) is 13.0 Å². The maximum Gasteiger partial charge on any atom is 0.228 e. The van der Waals surface area contributed by atoms with Crippen LogP contribution < -0.4 is 16.4 Å². The lowest BCUT2D eigenvalue weighted by Crippen LogP contribution is -2.10. The molecule has 2 heterocycles. The lowest BCUT2D eigenvalue weighted by Gasteiger charge is -2.11. The average molecular weight is 257 g/mol. The molecule has 0 unspecified atom stereocenters. The van der Waals surface area contributed by atoms with E-state index in [1.807, 2.05) is 22.9 Å². The first-order valence-corrected chi connectivity index (χ1v) is 6.14. The van der Waals surface area contributed by atoms with E-state index in [1.165, 1.54) is 0 Å². The highest BCUT2D eigenvalue weighted by atomic mass is 16.1. The fourth-order valence-electron chi connectivity index (χ4n) is 2.19. The van der Waals surface area contributed by atoms with Crippen molar-refractivity contribution >= 4 is 23.0 Å². The van der Waals surface area contributed by atoms with Crippen molar-refractivity contribution < 1.29 is 4.79 Å². The predicted octanol–water partition coefficient (Wildman–Crippen LogP) is 1.07. The van der Waals surface area contributed by atoms with Crippen LogP contribution in [-0.2, 0) is 17.8 Å². The highest BCUT2D eigenvalue weighted by molar-refractivity contribution is 6.00. The molecule has 98 valence electrons. The molecule has 0 atom stereocenters. The molecule has 0 spiro atoms. The largest absolute Gasteiger partial charge is 0.397 e. The normalized spacial score (nSPS) is 13.2. The van der Waals surface area contributed by atoms with E-state index in [9.17, 15) is 4.79 Å². The highest BCUT2D eigenvalue weighted by Crippen LogP contribution is 2.31. The molecule has 3 rings (SSSR count). The van der Waals surface area contributed by atoms with Gasteiger partial charge in [-0.1, -0.05) is 0 Å². The molecular weight excluding hydrogens is 242 g/mol. The molecule has 2 aromatic rings. The number of carbonyl (C=O) groups excluding carboxylic acids is 1. The molecule has 6 nitrogen and oxygen atoms in total. The highest BCUT2D eigenvalue weighted by Gasteiger charge is 2.19. The Labute approximate surface area is 110 Å². The van der Waals surface area contributed by atoms with Gasteiger partial charge >= 0.3 is 0 Å². The summed E-state index contributed by atoms with van der Waals surface area (Å²) in [5.41, 5.74) is 9.31. The summed E-state index contributed by atoms with van der Waals surface area (Å²) in [6, 6.07) is 3.75. The third-order valence-corrected chi connectivity index (χ3v) is 3.15. The van der Waals surface area contributed by atoms with Crippen molar-refractivity contribution in [3.05, 3.63) is 36.4 Å². The SMILES string of the molecule is Nc1cc2c(cc1NCCn1ccnc1)NC(=O)C2. The standard InChI is InChI=1S/C13H15N5O/c14-10-5-9-6-13(19)17-11(9)7-12(10)16-2-4-18-3-1-15-8-18/h1,3,5,7-8,16H,2,4,6,14H2,(H,17,19). The van der Waals surface area contributed by atoms with Gasteiger partial charge in [0.05, 0.1) is 24.1 Å². The third kappa shape index (κ3) is 2.37. The summed E-state index contributed by atoms with van der Waals surface area (Å²) in [5, 5.41) is 6.09. The lowest BCUT2D eigenvalue weighted by atomic mass is 10.1. The summed E-state index contributed by atoms with van der Waals surface area (Å²) in [7, 11) is 0. The van der Waals surface area contributed by atoms with Gasteiger partial charge in [-0.2, -0.15) is 0 Å². The van der Waals surface area contributed by atoms with E-state index in [1.54, 1.807) is 12.5 Å². The number of nitrogen functional groups attached to an aromatic ring is 1. The number of imidazole rings is 1. The van der Waals surface area contributed by atoms with Crippen LogP contribution in [-0.4, -0.2) is 22.0 Å². The number of nitrogens with two attached hydrogens (primary N) is 1. The summed E-state index contributed by atoms with van der Waals surface area (Å²) in [6.07, 6.45) is 5.84. The Morgan fingerprint density at radius 2 is 2.37 bits per heavy atom. The zero-order valence-electron chi connectivity index (χ0n) is 10.4. The first kappa shape index (κ1) is 11.6. The second-order valence-corrected chi connectivity index (χ2v) is 4.55. The molecule has 6 heteroatoms. The van der Waals surface area contributed by atoms with Crippen LogP contribution in [0.4, 0.5) is 17.1 Å². The van der Waals surface area contributed by atoms with E-state index in [4.69, 9.17) is 5.73 Å². The fourth-order valence-corrected chi connectivity index (χ4v) is 2.19. The molecule has 0 fully saturated rings. The Hall–Kier alpha value is -2.50. The van der Waals surface area contributed by atoms with Crippen LogP contribution in [0.5, 0.6) is 0 Å². The van der Waals surface area contributed by atoms with E-state index in [2.05, 4.69) is 15.6 Å². The first-order chi connectivity index (χ1) is 9.22. The fraction of sp³-hybridized carbons (Fsp3) is 0.231. The quantitative estimate of drug-likeness (QED) is 0.715. The smallest absolute Gasteiger partial charge is 0.228 e. The number of fused-ring (bicyclic) bond motifs is 1. The van der Waals surface area contributed by atoms with Gasteiger partial charge in [0.15, 0.2) is 0 Å². The maximum absolute atomic E-state index is 11.3. The summed E-state index contributed by atoms with van der Waals surface area (Å²) in [5.74, 6) is 0.0185. The Balaban J connectivity index is 1.68. The predicted molar refractivity (Wildman–Crippen MR) is 73.9 cm³/mol. The summed E-state index contributed by atoms with van der Waals surface area (Å²) in [4.78, 5) is 15.3. The number of anilines is 3. The number of benzene rings is 1. The minimum absolute atomic E-state index is 0.0185. The Bertz CT molecular complexity index is 606. The minimum atomic E-state index is 0.0185. The average Bonchev–Trinajstić information content (AvgIpc) is 2.98. The van der Waals surface area contributed by atoms with Crippen LogP contribution >= 0.6 is 0 Å². The van der Waals surface area contributed by atoms with Gasteiger partial charge in [-0.3, -0.25) is 4.79 Å². The first-order valence-electron chi connectivity index (χ1n) is 6.14. The molecule has 1 aliphatic rings. The number of nitrogens with zero attached hydrogens (tertiary/aromatic N) is 2. The number of nitrogens with one attached hydrogen (secondary N) is 2. The van der Waals surface area contributed by atoms with Gasteiger partial charge in [-0.25, -0.2) is 4.98 Å². The lowest BCUT2D eigenvalue weighted by molar-refractivity contribution is -0.115. The zero-order chi connectivity index (χ0) is 13.2. The second kappa shape index (κ2) is 4.64. The molecule has 0 aliphatic carbocycles. The van der Waals surface area contributed by atoms with E-state index in [0.717, 1.165) is 30.0 Å². The van der Waals surface area contributed by atoms with Gasteiger partial charge in [0.25, 0.3) is 0 Å². The van der Waals surface area contributed by atoms with E-state index < -0.39 is 0 Å². The number of carbonyl (C=O) groups is 1. The number of hydrogen-bond acceptors (Lipinski definition) is 4. The number of amides is 1. The van der Waals surface area contributed by atoms with Gasteiger partial charge in [0.1, 0.15) is 0 Å². The zero-order valence-corrected chi connectivity index (χ0v) is 10.4. The van der Waals surface area contributed by atoms with Crippen molar-refractivity contribution in [3.8, 4) is 0 Å². The summed E-state index contributed by atoms with van der Waals surface area (Å²) >= 11 is 0. The Morgan fingerprint density at radius 3 is 3.16 bits per heavy atom. The van der Waals surface area contributed by atoms with E-state index in [-0.39, 0.29) is 5.91 Å². The van der Waals surface area contributed by atoms with Crippen LogP contribution in [0.2, 0.25) is 0 Å². The molecule has 4 N–H and O–H groups in total. The van der Waals surface area contributed by atoms with Gasteiger partial charge < -0.3 is 20.9 Å². The molecule has 0 bridgehead atoms. The van der Waals surface area contributed by atoms with Crippen LogP contribution in [0.1, 0.15) is 5.56 Å². The van der Waals surface area contributed by atoms with Crippen LogP contribution in [0.3, 0.4) is 0 Å². The molecule has 1 aromatic heterocycles. The Kier molecular flexibility index (Phi) is 2.83. The molecule has 1 aromatic carbocycles. The van der Waals surface area contributed by atoms with Gasteiger partial charge in [-0.05, 0) is 17.7 Å². The number of rotatable bonds is 4. The Morgan fingerprint density at radius 1 is 1.47 bits per heavy atom. The molecule has 1 amide bonds. The maximum atomic E-state index is 11.3. The van der Waals surface area contributed by atoms with E-state index >= 15 is 0 Å². The summed E-state index contributed by atoms with van der Waals surface area (Å²) in [6.45, 7) is 1.55. The molecular formula is C13H15N5O. The molecule has 0 saturated heterocycles. The summed E-state index contributed by atoms with van der Waals surface area (Å²) < 4.78 is 1.98. The van der Waals surface area contributed by atoms with Crippen molar-refractivity contribution in [1.29, 1.82) is 0 Å². The second-order valence-electron chi connectivity index (χ2n) is 4.55. The van der Waals surface area contributed by atoms with Crippen molar-refractivity contribution in [1.82, 2.24) is 9.55 Å². The van der Waals surface area contributed by atoms with Gasteiger partial charge in [0.2, 0.25) is 5.91 Å². The third-order valence-electron chi connectivity index (χ3n) is 3.15. The minimum Gasteiger partial charge on any atom is -0.397 e. The molecule has 0 radical (unpaired) electrons. The number of aromatic nitrogens is 2. The topological polar surface area (TPSA) is 85.0 Å². The van der Waals surface area contributed by atoms with E-state index in [0.29, 0.717) is 12.1 Å². The molecule has 1 aliphatic heterocycles. The van der Waals surface area contributed by atoms with Gasteiger partial charge in [0, 0.05) is 31.2 Å². The van der Waals surface area contributed by atoms with Crippen LogP contribution in [0.25, 0.3) is 0 Å². The number of hydrogen-bond donors (Lipinski definition) is 3. The monoisotopic (exact) mass is 257 g/mol. The molecule has 19 heavy (non-hydrogen) atoms.